The zero-order valence-corrected chi connectivity index (χ0v) is 22.7. The third-order valence-corrected chi connectivity index (χ3v) is 8.29. The normalized spacial score (nSPS) is 20.3. The monoisotopic (exact) mass is 535 g/mol. The van der Waals surface area contributed by atoms with Crippen molar-refractivity contribution in [2.24, 2.45) is 5.41 Å². The summed E-state index contributed by atoms with van der Waals surface area (Å²) in [6, 6.07) is 17.0. The number of amides is 2. The van der Waals surface area contributed by atoms with Crippen molar-refractivity contribution < 1.29 is 18.8 Å². The first-order valence-electron chi connectivity index (χ1n) is 13.4. The van der Waals surface area contributed by atoms with Gasteiger partial charge in [-0.1, -0.05) is 53.5 Å². The largest absolute Gasteiger partial charge is 0.481 e. The molecular weight excluding hydrogens is 502 g/mol. The Labute approximate surface area is 228 Å². The summed E-state index contributed by atoms with van der Waals surface area (Å²) in [6.07, 6.45) is 5.16. The molecule has 200 valence electrons. The number of halogens is 1. The van der Waals surface area contributed by atoms with Gasteiger partial charge in [-0.15, -0.1) is 0 Å². The van der Waals surface area contributed by atoms with Crippen LogP contribution >= 0.6 is 11.6 Å². The van der Waals surface area contributed by atoms with Gasteiger partial charge in [-0.3, -0.25) is 9.59 Å². The first kappa shape index (κ1) is 26.3. The van der Waals surface area contributed by atoms with Gasteiger partial charge in [0.1, 0.15) is 5.75 Å². The molecule has 5 rings (SSSR count). The highest BCUT2D eigenvalue weighted by atomic mass is 35.5. The van der Waals surface area contributed by atoms with E-state index in [1.165, 1.54) is 0 Å². The van der Waals surface area contributed by atoms with Crippen LogP contribution in [0.4, 0.5) is 0 Å². The van der Waals surface area contributed by atoms with Crippen molar-refractivity contribution in [1.82, 2.24) is 15.0 Å². The van der Waals surface area contributed by atoms with Crippen molar-refractivity contribution in [2.75, 3.05) is 26.7 Å². The Bertz CT molecular complexity index is 1300. The number of carbonyl (C=O) groups is 2. The number of fused-ring (bicyclic) bond motifs is 1. The summed E-state index contributed by atoms with van der Waals surface area (Å²) >= 11 is 6.28. The number of nitrogens with zero attached hydrogens (tertiary/aromatic N) is 3. The summed E-state index contributed by atoms with van der Waals surface area (Å²) in [5, 5.41) is 4.59. The van der Waals surface area contributed by atoms with Gasteiger partial charge in [-0.2, -0.15) is 0 Å². The molecule has 0 unspecified atom stereocenters. The number of hydrogen-bond donors (Lipinski definition) is 0. The maximum absolute atomic E-state index is 13.3. The molecule has 0 N–H and O–H groups in total. The maximum atomic E-state index is 13.3. The van der Waals surface area contributed by atoms with Gasteiger partial charge in [0.05, 0.1) is 5.02 Å². The lowest BCUT2D eigenvalue weighted by Crippen LogP contribution is -2.50. The number of hydrogen-bond acceptors (Lipinski definition) is 5. The molecule has 7 nitrogen and oxygen atoms in total. The number of likely N-dealkylation sites (N-methyl/N-ethyl adjacent to an activating group) is 1. The quantitative estimate of drug-likeness (QED) is 0.410. The van der Waals surface area contributed by atoms with E-state index in [4.69, 9.17) is 20.9 Å². The smallest absolute Gasteiger partial charge is 0.276 e. The van der Waals surface area contributed by atoms with Crippen molar-refractivity contribution in [2.45, 2.75) is 51.6 Å². The Morgan fingerprint density at radius 2 is 1.79 bits per heavy atom. The molecule has 1 atom stereocenters. The van der Waals surface area contributed by atoms with Gasteiger partial charge in [-0.25, -0.2) is 0 Å². The Kier molecular flexibility index (Phi) is 7.75. The zero-order chi connectivity index (χ0) is 26.7. The highest BCUT2D eigenvalue weighted by Gasteiger charge is 2.39. The second kappa shape index (κ2) is 11.2. The maximum Gasteiger partial charge on any atom is 0.276 e. The van der Waals surface area contributed by atoms with Crippen LogP contribution in [0.5, 0.6) is 5.75 Å². The summed E-state index contributed by atoms with van der Waals surface area (Å²) < 4.78 is 11.6. The average Bonchev–Trinajstić information content (AvgIpc) is 3.41. The third kappa shape index (κ3) is 5.58. The molecule has 3 heterocycles. The van der Waals surface area contributed by atoms with E-state index in [0.717, 1.165) is 49.8 Å². The van der Waals surface area contributed by atoms with E-state index in [1.807, 2.05) is 60.2 Å². The summed E-state index contributed by atoms with van der Waals surface area (Å²) in [7, 11) is 1.87. The molecule has 8 heteroatoms. The van der Waals surface area contributed by atoms with Crippen LogP contribution in [-0.2, 0) is 11.2 Å². The van der Waals surface area contributed by atoms with Crippen LogP contribution in [0.15, 0.2) is 59.1 Å². The first-order chi connectivity index (χ1) is 18.3. The van der Waals surface area contributed by atoms with Gasteiger partial charge in [0.15, 0.2) is 17.6 Å². The average molecular weight is 536 g/mol. The molecule has 3 aromatic rings. The minimum absolute atomic E-state index is 0.0204. The fourth-order valence-corrected chi connectivity index (χ4v) is 6.00. The third-order valence-electron chi connectivity index (χ3n) is 7.96. The summed E-state index contributed by atoms with van der Waals surface area (Å²) in [6.45, 7) is 3.71. The van der Waals surface area contributed by atoms with Gasteiger partial charge in [0.2, 0.25) is 0 Å². The first-order valence-corrected chi connectivity index (χ1v) is 13.7. The summed E-state index contributed by atoms with van der Waals surface area (Å²) in [4.78, 5) is 30.1. The van der Waals surface area contributed by atoms with Crippen LogP contribution in [0.25, 0.3) is 11.3 Å². The topological polar surface area (TPSA) is 75.9 Å². The number of carbonyl (C=O) groups excluding carboxylic acids is 2. The van der Waals surface area contributed by atoms with E-state index in [2.05, 4.69) is 11.2 Å². The van der Waals surface area contributed by atoms with Crippen molar-refractivity contribution in [1.29, 1.82) is 0 Å². The minimum Gasteiger partial charge on any atom is -0.481 e. The van der Waals surface area contributed by atoms with Crippen LogP contribution in [0.1, 0.15) is 55.1 Å². The van der Waals surface area contributed by atoms with Gasteiger partial charge in [0, 0.05) is 38.3 Å². The molecule has 0 radical (unpaired) electrons. The lowest BCUT2D eigenvalue weighted by Gasteiger charge is -2.44. The molecule has 1 saturated heterocycles. The SMILES string of the molecule is C[C@H]1Oc2ccccc2CCCCC2(CCN(C(=O)c3cc(-c4ccccc4Cl)on3)CC2)CN(C)C1=O. The number of ether oxygens (including phenoxy) is 1. The molecule has 1 fully saturated rings. The van der Waals surface area contributed by atoms with Crippen molar-refractivity contribution in [3.63, 3.8) is 0 Å². The van der Waals surface area contributed by atoms with Crippen LogP contribution in [0.2, 0.25) is 5.02 Å². The van der Waals surface area contributed by atoms with Gasteiger partial charge in [0.25, 0.3) is 11.8 Å². The number of piperidine rings is 1. The number of rotatable bonds is 2. The Hall–Kier alpha value is -3.32. The molecule has 2 aromatic carbocycles. The zero-order valence-electron chi connectivity index (χ0n) is 22.0. The van der Waals surface area contributed by atoms with Gasteiger partial charge in [-0.05, 0) is 68.2 Å². The molecule has 2 amide bonds. The highest BCUT2D eigenvalue weighted by Crippen LogP contribution is 2.39. The minimum atomic E-state index is -0.557. The molecule has 1 spiro atoms. The van der Waals surface area contributed by atoms with E-state index in [0.29, 0.717) is 36.0 Å². The molecule has 2 aliphatic heterocycles. The van der Waals surface area contributed by atoms with Crippen molar-refractivity contribution in [3.8, 4) is 17.1 Å². The van der Waals surface area contributed by atoms with E-state index in [9.17, 15) is 9.59 Å². The number of likely N-dealkylation sites (tertiary alicyclic amines) is 1. The van der Waals surface area contributed by atoms with Crippen LogP contribution in [0, 0.1) is 5.41 Å². The fourth-order valence-electron chi connectivity index (χ4n) is 5.77. The predicted octanol–water partition coefficient (Wildman–Crippen LogP) is 5.87. The van der Waals surface area contributed by atoms with Crippen LogP contribution in [-0.4, -0.2) is 59.6 Å². The second-order valence-electron chi connectivity index (χ2n) is 10.6. The fraction of sp³-hybridized carbons (Fsp3) is 0.433. The summed E-state index contributed by atoms with van der Waals surface area (Å²) in [5.41, 5.74) is 2.10. The number of benzene rings is 2. The van der Waals surface area contributed by atoms with Crippen molar-refractivity contribution in [3.05, 3.63) is 70.9 Å². The Balaban J connectivity index is 1.27. The van der Waals surface area contributed by atoms with E-state index in [1.54, 1.807) is 12.1 Å². The number of para-hydroxylation sites is 1. The van der Waals surface area contributed by atoms with Crippen LogP contribution in [0.3, 0.4) is 0 Å². The number of aromatic nitrogens is 1. The van der Waals surface area contributed by atoms with Gasteiger partial charge < -0.3 is 19.1 Å². The standard InChI is InChI=1S/C30H34ClN3O4/c1-21-28(35)33(2)20-30(14-8-7-10-22-9-3-6-13-26(22)37-21)15-17-34(18-16-30)29(36)25-19-27(38-32-25)23-11-4-5-12-24(23)31/h3-6,9,11-13,19,21H,7-8,10,14-18,20H2,1-2H3/t21-/m1/s1. The Morgan fingerprint density at radius 3 is 2.58 bits per heavy atom. The molecule has 0 saturated carbocycles. The van der Waals surface area contributed by atoms with E-state index in [-0.39, 0.29) is 22.9 Å². The lowest BCUT2D eigenvalue weighted by molar-refractivity contribution is -0.138. The molecular formula is C30H34ClN3O4. The molecule has 0 bridgehead atoms. The van der Waals surface area contributed by atoms with E-state index < -0.39 is 6.10 Å². The highest BCUT2D eigenvalue weighted by molar-refractivity contribution is 6.33. The molecule has 0 aliphatic carbocycles. The summed E-state index contributed by atoms with van der Waals surface area (Å²) in [5.74, 6) is 1.12. The van der Waals surface area contributed by atoms with Crippen LogP contribution < -0.4 is 4.74 Å². The Morgan fingerprint density at radius 1 is 1.05 bits per heavy atom. The molecule has 2 aliphatic rings. The second-order valence-corrected chi connectivity index (χ2v) is 11.0. The molecule has 38 heavy (non-hydrogen) atoms. The number of aryl methyl sites for hydroxylation is 1. The lowest BCUT2D eigenvalue weighted by atomic mass is 9.73. The predicted molar refractivity (Wildman–Crippen MR) is 146 cm³/mol. The van der Waals surface area contributed by atoms with Gasteiger partial charge >= 0.3 is 0 Å². The molecule has 1 aromatic heterocycles. The van der Waals surface area contributed by atoms with E-state index >= 15 is 0 Å². The van der Waals surface area contributed by atoms with Crippen molar-refractivity contribution >= 4 is 23.4 Å².